The van der Waals surface area contributed by atoms with Crippen molar-refractivity contribution in [2.45, 2.75) is 4.73 Å². The van der Waals surface area contributed by atoms with Crippen LogP contribution in [0.25, 0.3) is 0 Å². The standard InChI is InChI=1S/C7H8N.2CH3O.Ti/c1-6-3-2-4-7(8)5-6;2*1-2;/h2-5H,1,8H2;2*1H3;/q;2*-1;+2. The van der Waals surface area contributed by atoms with Gasteiger partial charge in [-0.3, -0.25) is 0 Å². The second-order valence-corrected chi connectivity index (χ2v) is 5.69. The summed E-state index contributed by atoms with van der Waals surface area (Å²) in [6, 6.07) is 7.83. The molecule has 3 nitrogen and oxygen atoms in total. The quantitative estimate of drug-likeness (QED) is 0.612. The number of nitrogens with two attached hydrogens (primary N) is 1. The monoisotopic (exact) mass is 216 g/mol. The van der Waals surface area contributed by atoms with Crippen LogP contribution in [-0.2, 0) is 30.0 Å². The molecule has 13 heavy (non-hydrogen) atoms. The summed E-state index contributed by atoms with van der Waals surface area (Å²) in [4.78, 5) is 0. The van der Waals surface area contributed by atoms with Gasteiger partial charge in [-0.15, -0.1) is 0 Å². The van der Waals surface area contributed by atoms with Crippen LogP contribution in [0.5, 0.6) is 0 Å². The van der Waals surface area contributed by atoms with E-state index in [1.165, 1.54) is 5.56 Å². The fourth-order valence-electron chi connectivity index (χ4n) is 1.10. The first-order chi connectivity index (χ1) is 6.26. The van der Waals surface area contributed by atoms with Gasteiger partial charge in [-0.1, -0.05) is 0 Å². The number of anilines is 1. The summed E-state index contributed by atoms with van der Waals surface area (Å²) in [5.41, 5.74) is 7.64. The molecule has 0 atom stereocenters. The number of hydrogen-bond acceptors (Lipinski definition) is 3. The molecule has 71 valence electrons. The van der Waals surface area contributed by atoms with Crippen molar-refractivity contribution in [1.82, 2.24) is 0 Å². The van der Waals surface area contributed by atoms with E-state index in [0.29, 0.717) is 0 Å². The molecule has 0 aromatic heterocycles. The van der Waals surface area contributed by atoms with Gasteiger partial charge in [-0.05, 0) is 0 Å². The average molecular weight is 216 g/mol. The van der Waals surface area contributed by atoms with Crippen LogP contribution in [0.2, 0.25) is 0 Å². The number of hydrogen-bond donors (Lipinski definition) is 1. The normalized spacial score (nSPS) is 10.0. The summed E-state index contributed by atoms with van der Waals surface area (Å²) < 4.78 is 11.4. The second kappa shape index (κ2) is 5.40. The van der Waals surface area contributed by atoms with E-state index in [1.54, 1.807) is 14.2 Å². The van der Waals surface area contributed by atoms with Crippen LogP contribution < -0.4 is 5.73 Å². The Kier molecular flexibility index (Phi) is 4.46. The number of benzene rings is 1. The van der Waals surface area contributed by atoms with Crippen LogP contribution >= 0.6 is 0 Å². The Morgan fingerprint density at radius 2 is 2.00 bits per heavy atom. The Morgan fingerprint density at radius 3 is 2.54 bits per heavy atom. The number of nitrogen functional groups attached to an aromatic ring is 1. The molecule has 0 radical (unpaired) electrons. The molecule has 2 N–H and O–H groups in total. The molecule has 0 heterocycles. The van der Waals surface area contributed by atoms with E-state index in [0.717, 1.165) is 10.4 Å². The van der Waals surface area contributed by atoms with E-state index < -0.39 is 18.6 Å². The van der Waals surface area contributed by atoms with Crippen LogP contribution in [0.4, 0.5) is 5.69 Å². The minimum atomic E-state index is -1.76. The van der Waals surface area contributed by atoms with Gasteiger partial charge in [-0.25, -0.2) is 0 Å². The Hall–Kier alpha value is -0.346. The van der Waals surface area contributed by atoms with Crippen molar-refractivity contribution >= 4 is 5.69 Å². The van der Waals surface area contributed by atoms with Gasteiger partial charge in [0.25, 0.3) is 0 Å². The fraction of sp³-hybridized carbons (Fsp3) is 0.333. The zero-order valence-electron chi connectivity index (χ0n) is 7.91. The molecule has 4 heteroatoms. The fourth-order valence-corrected chi connectivity index (χ4v) is 2.67. The topological polar surface area (TPSA) is 44.5 Å². The Labute approximate surface area is 85.6 Å². The van der Waals surface area contributed by atoms with E-state index in [2.05, 4.69) is 0 Å². The van der Waals surface area contributed by atoms with Crippen molar-refractivity contribution in [3.63, 3.8) is 0 Å². The summed E-state index contributed by atoms with van der Waals surface area (Å²) >= 11 is -1.76. The second-order valence-electron chi connectivity index (χ2n) is 2.70. The molecule has 0 unspecified atom stereocenters. The third-order valence-corrected chi connectivity index (χ3v) is 4.27. The maximum absolute atomic E-state index is 5.65. The summed E-state index contributed by atoms with van der Waals surface area (Å²) in [7, 11) is 3.40. The van der Waals surface area contributed by atoms with E-state index in [4.69, 9.17) is 12.4 Å². The summed E-state index contributed by atoms with van der Waals surface area (Å²) in [5, 5.41) is 0. The molecule has 0 amide bonds. The van der Waals surface area contributed by atoms with Gasteiger partial charge in [0.1, 0.15) is 0 Å². The molecule has 0 aliphatic heterocycles. The molecular formula is C9H14NO2Ti. The summed E-state index contributed by atoms with van der Waals surface area (Å²) in [5.74, 6) is 0. The van der Waals surface area contributed by atoms with E-state index in [9.17, 15) is 0 Å². The van der Waals surface area contributed by atoms with Crippen molar-refractivity contribution in [3.05, 3.63) is 29.8 Å². The zero-order valence-corrected chi connectivity index (χ0v) is 9.47. The van der Waals surface area contributed by atoms with Gasteiger partial charge in [0.05, 0.1) is 0 Å². The van der Waals surface area contributed by atoms with Crippen LogP contribution in [0.1, 0.15) is 5.56 Å². The molecule has 1 aromatic carbocycles. The molecule has 0 bridgehead atoms. The molecule has 1 aromatic rings. The van der Waals surface area contributed by atoms with Gasteiger partial charge in [0.15, 0.2) is 0 Å². The van der Waals surface area contributed by atoms with Crippen molar-refractivity contribution in [3.8, 4) is 0 Å². The van der Waals surface area contributed by atoms with E-state index in [1.807, 2.05) is 24.3 Å². The molecule has 0 fully saturated rings. The zero-order chi connectivity index (χ0) is 9.68. The van der Waals surface area contributed by atoms with Gasteiger partial charge >= 0.3 is 85.5 Å². The Balaban J connectivity index is 2.62. The first-order valence-electron chi connectivity index (χ1n) is 4.04. The van der Waals surface area contributed by atoms with Gasteiger partial charge in [0, 0.05) is 0 Å². The van der Waals surface area contributed by atoms with Crippen molar-refractivity contribution < 1.29 is 25.3 Å². The summed E-state index contributed by atoms with van der Waals surface area (Å²) in [6.45, 7) is 0. The molecule has 0 spiro atoms. The van der Waals surface area contributed by atoms with E-state index >= 15 is 0 Å². The molecular weight excluding hydrogens is 202 g/mol. The van der Waals surface area contributed by atoms with Gasteiger partial charge < -0.3 is 0 Å². The third-order valence-electron chi connectivity index (χ3n) is 1.75. The number of rotatable bonds is 4. The third kappa shape index (κ3) is 3.49. The Morgan fingerprint density at radius 1 is 1.31 bits per heavy atom. The predicted octanol–water partition coefficient (Wildman–Crippen LogP) is 1.51. The van der Waals surface area contributed by atoms with Gasteiger partial charge in [-0.2, -0.15) is 0 Å². The maximum atomic E-state index is 5.65. The van der Waals surface area contributed by atoms with Gasteiger partial charge in [0.2, 0.25) is 0 Å². The van der Waals surface area contributed by atoms with E-state index in [-0.39, 0.29) is 0 Å². The summed E-state index contributed by atoms with van der Waals surface area (Å²) in [6.07, 6.45) is 0. The molecule has 0 aliphatic rings. The van der Waals surface area contributed by atoms with Crippen LogP contribution in [0.3, 0.4) is 0 Å². The van der Waals surface area contributed by atoms with Crippen molar-refractivity contribution in [2.24, 2.45) is 0 Å². The first-order valence-corrected chi connectivity index (χ1v) is 6.42. The van der Waals surface area contributed by atoms with Crippen LogP contribution in [0, 0.1) is 0 Å². The molecule has 1 rings (SSSR count). The van der Waals surface area contributed by atoms with Crippen LogP contribution in [0.15, 0.2) is 24.3 Å². The SMILES string of the molecule is C[O][Ti]([CH2]c1cccc(N)c1)[O]C. The Bertz CT molecular complexity index is 264. The molecule has 0 saturated carbocycles. The minimum absolute atomic E-state index is 0.794. The predicted molar refractivity (Wildman–Crippen MR) is 48.6 cm³/mol. The first kappa shape index (κ1) is 10.7. The molecule has 0 saturated heterocycles. The van der Waals surface area contributed by atoms with Crippen LogP contribution in [-0.4, -0.2) is 14.2 Å². The van der Waals surface area contributed by atoms with Crippen molar-refractivity contribution in [1.29, 1.82) is 0 Å². The average Bonchev–Trinajstić information content (AvgIpc) is 2.14. The molecule has 0 aliphatic carbocycles. The van der Waals surface area contributed by atoms with Crippen molar-refractivity contribution in [2.75, 3.05) is 20.0 Å².